The molecule has 1 heterocycles. The molecule has 1 aromatic rings. The molecule has 6 heteroatoms. The van der Waals surface area contributed by atoms with E-state index >= 15 is 0 Å². The Balaban J connectivity index is 2.30. The second-order valence-electron chi connectivity index (χ2n) is 2.86. The predicted octanol–water partition coefficient (Wildman–Crippen LogP) is 3.57. The van der Waals surface area contributed by atoms with Gasteiger partial charge < -0.3 is 4.74 Å². The zero-order valence-electron chi connectivity index (χ0n) is 7.72. The fourth-order valence-corrected chi connectivity index (χ4v) is 1.29. The summed E-state index contributed by atoms with van der Waals surface area (Å²) in [5, 5.41) is 0. The Morgan fingerprint density at radius 1 is 1.40 bits per heavy atom. The van der Waals surface area contributed by atoms with Crippen LogP contribution in [0.25, 0.3) is 0 Å². The molecule has 0 bridgehead atoms. The van der Waals surface area contributed by atoms with Gasteiger partial charge in [0, 0.05) is 12.6 Å². The van der Waals surface area contributed by atoms with Crippen LogP contribution < -0.4 is 4.74 Å². The standard InChI is InChI=1S/C9H9BrF3NO/c10-7-3-1-5-14-8(7)15-6-2-4-9(11,12)13/h1,3,5H,2,4,6H2. The lowest BCUT2D eigenvalue weighted by Gasteiger charge is -2.08. The largest absolute Gasteiger partial charge is 0.477 e. The van der Waals surface area contributed by atoms with Gasteiger partial charge in [0.25, 0.3) is 0 Å². The third-order valence-corrected chi connectivity index (χ3v) is 2.17. The van der Waals surface area contributed by atoms with Crippen molar-refractivity contribution < 1.29 is 17.9 Å². The molecule has 0 saturated heterocycles. The van der Waals surface area contributed by atoms with Gasteiger partial charge in [-0.2, -0.15) is 13.2 Å². The first kappa shape index (κ1) is 12.3. The van der Waals surface area contributed by atoms with Crippen LogP contribution in [-0.4, -0.2) is 17.8 Å². The van der Waals surface area contributed by atoms with E-state index in [9.17, 15) is 13.2 Å². The zero-order valence-corrected chi connectivity index (χ0v) is 9.31. The van der Waals surface area contributed by atoms with E-state index in [1.54, 1.807) is 12.1 Å². The molecule has 84 valence electrons. The van der Waals surface area contributed by atoms with Crippen LogP contribution in [-0.2, 0) is 0 Å². The highest BCUT2D eigenvalue weighted by atomic mass is 79.9. The van der Waals surface area contributed by atoms with Gasteiger partial charge in [-0.25, -0.2) is 4.98 Å². The van der Waals surface area contributed by atoms with Crippen LogP contribution in [0.15, 0.2) is 22.8 Å². The molecule has 15 heavy (non-hydrogen) atoms. The number of nitrogens with zero attached hydrogens (tertiary/aromatic N) is 1. The van der Waals surface area contributed by atoms with Crippen molar-refractivity contribution in [3.05, 3.63) is 22.8 Å². The fraction of sp³-hybridized carbons (Fsp3) is 0.444. The Morgan fingerprint density at radius 3 is 2.73 bits per heavy atom. The summed E-state index contributed by atoms with van der Waals surface area (Å²) in [6, 6.07) is 3.42. The molecule has 0 fully saturated rings. The fourth-order valence-electron chi connectivity index (χ4n) is 0.919. The second-order valence-corrected chi connectivity index (χ2v) is 3.71. The molecule has 0 aliphatic rings. The minimum Gasteiger partial charge on any atom is -0.477 e. The molecule has 0 aromatic carbocycles. The normalized spacial score (nSPS) is 11.5. The monoisotopic (exact) mass is 283 g/mol. The van der Waals surface area contributed by atoms with Crippen molar-refractivity contribution in [1.82, 2.24) is 4.98 Å². The van der Waals surface area contributed by atoms with E-state index < -0.39 is 12.6 Å². The zero-order chi connectivity index (χ0) is 11.3. The number of alkyl halides is 3. The Morgan fingerprint density at radius 2 is 2.13 bits per heavy atom. The predicted molar refractivity (Wildman–Crippen MR) is 52.7 cm³/mol. The molecule has 0 aliphatic carbocycles. The first-order valence-electron chi connectivity index (χ1n) is 4.29. The minimum atomic E-state index is -4.12. The van der Waals surface area contributed by atoms with Crippen LogP contribution in [0, 0.1) is 0 Å². The van der Waals surface area contributed by atoms with Gasteiger partial charge in [-0.3, -0.25) is 0 Å². The number of aromatic nitrogens is 1. The Hall–Kier alpha value is -0.780. The van der Waals surface area contributed by atoms with Gasteiger partial charge in [0.15, 0.2) is 0 Å². The van der Waals surface area contributed by atoms with E-state index in [0.717, 1.165) is 0 Å². The third kappa shape index (κ3) is 5.01. The molecule has 0 unspecified atom stereocenters. The molecule has 1 aromatic heterocycles. The summed E-state index contributed by atoms with van der Waals surface area (Å²) in [4.78, 5) is 3.86. The highest BCUT2D eigenvalue weighted by molar-refractivity contribution is 9.10. The van der Waals surface area contributed by atoms with E-state index in [2.05, 4.69) is 20.9 Å². The van der Waals surface area contributed by atoms with E-state index in [4.69, 9.17) is 4.74 Å². The quantitative estimate of drug-likeness (QED) is 0.789. The third-order valence-electron chi connectivity index (χ3n) is 1.57. The van der Waals surface area contributed by atoms with Crippen LogP contribution in [0.4, 0.5) is 13.2 Å². The van der Waals surface area contributed by atoms with Crippen LogP contribution in [0.2, 0.25) is 0 Å². The summed E-state index contributed by atoms with van der Waals surface area (Å²) in [5.41, 5.74) is 0. The summed E-state index contributed by atoms with van der Waals surface area (Å²) >= 11 is 3.18. The molecule has 0 radical (unpaired) electrons. The SMILES string of the molecule is FC(F)(F)CCCOc1ncccc1Br. The smallest absolute Gasteiger partial charge is 0.389 e. The number of ether oxygens (including phenoxy) is 1. The summed E-state index contributed by atoms with van der Waals surface area (Å²) in [5.74, 6) is 0.319. The molecule has 0 spiro atoms. The Labute approximate surface area is 93.6 Å². The van der Waals surface area contributed by atoms with Gasteiger partial charge in [-0.05, 0) is 34.5 Å². The molecule has 2 nitrogen and oxygen atoms in total. The van der Waals surface area contributed by atoms with Crippen molar-refractivity contribution in [3.63, 3.8) is 0 Å². The summed E-state index contributed by atoms with van der Waals surface area (Å²) in [6.07, 6.45) is -3.50. The van der Waals surface area contributed by atoms with Gasteiger partial charge in [-0.1, -0.05) is 0 Å². The van der Waals surface area contributed by atoms with Gasteiger partial charge in [0.05, 0.1) is 11.1 Å². The van der Waals surface area contributed by atoms with Crippen molar-refractivity contribution in [2.24, 2.45) is 0 Å². The highest BCUT2D eigenvalue weighted by Crippen LogP contribution is 2.23. The van der Waals surface area contributed by atoms with Crippen LogP contribution >= 0.6 is 15.9 Å². The van der Waals surface area contributed by atoms with E-state index in [-0.39, 0.29) is 13.0 Å². The number of halogens is 4. The van der Waals surface area contributed by atoms with Crippen molar-refractivity contribution in [3.8, 4) is 5.88 Å². The minimum absolute atomic E-state index is 0.00905. The molecule has 0 atom stereocenters. The van der Waals surface area contributed by atoms with Crippen LogP contribution in [0.3, 0.4) is 0 Å². The first-order chi connectivity index (χ1) is 6.99. The van der Waals surface area contributed by atoms with Crippen LogP contribution in [0.5, 0.6) is 5.88 Å². The lowest BCUT2D eigenvalue weighted by Crippen LogP contribution is -2.10. The molecule has 0 saturated carbocycles. The van der Waals surface area contributed by atoms with Gasteiger partial charge >= 0.3 is 6.18 Å². The molecular formula is C9H9BrF3NO. The van der Waals surface area contributed by atoms with E-state index in [1.807, 2.05) is 0 Å². The summed E-state index contributed by atoms with van der Waals surface area (Å²) in [6.45, 7) is 0.00905. The number of hydrogen-bond acceptors (Lipinski definition) is 2. The maximum Gasteiger partial charge on any atom is 0.389 e. The van der Waals surface area contributed by atoms with Gasteiger partial charge in [-0.15, -0.1) is 0 Å². The van der Waals surface area contributed by atoms with Gasteiger partial charge in [0.2, 0.25) is 5.88 Å². The molecule has 0 aliphatic heterocycles. The van der Waals surface area contributed by atoms with Crippen molar-refractivity contribution >= 4 is 15.9 Å². The summed E-state index contributed by atoms with van der Waals surface area (Å²) < 4.78 is 41.1. The lowest BCUT2D eigenvalue weighted by atomic mass is 10.3. The Kier molecular flexibility index (Phi) is 4.38. The Bertz CT molecular complexity index is 316. The molecule has 0 amide bonds. The average molecular weight is 284 g/mol. The van der Waals surface area contributed by atoms with Crippen molar-refractivity contribution in [2.45, 2.75) is 19.0 Å². The summed E-state index contributed by atoms with van der Waals surface area (Å²) in [7, 11) is 0. The molecule has 0 N–H and O–H groups in total. The average Bonchev–Trinajstić information content (AvgIpc) is 2.13. The molecule has 1 rings (SSSR count). The number of rotatable bonds is 4. The maximum absolute atomic E-state index is 11.8. The van der Waals surface area contributed by atoms with Crippen LogP contribution in [0.1, 0.15) is 12.8 Å². The lowest BCUT2D eigenvalue weighted by molar-refractivity contribution is -0.136. The highest BCUT2D eigenvalue weighted by Gasteiger charge is 2.26. The topological polar surface area (TPSA) is 22.1 Å². The number of hydrogen-bond donors (Lipinski definition) is 0. The first-order valence-corrected chi connectivity index (χ1v) is 5.08. The number of pyridine rings is 1. The van der Waals surface area contributed by atoms with E-state index in [1.165, 1.54) is 6.20 Å². The molecular weight excluding hydrogens is 275 g/mol. The van der Waals surface area contributed by atoms with Gasteiger partial charge in [0.1, 0.15) is 0 Å². The van der Waals surface area contributed by atoms with E-state index in [0.29, 0.717) is 10.4 Å². The second kappa shape index (κ2) is 5.34. The maximum atomic E-state index is 11.8. The van der Waals surface area contributed by atoms with Crippen molar-refractivity contribution in [1.29, 1.82) is 0 Å². The van der Waals surface area contributed by atoms with Crippen molar-refractivity contribution in [2.75, 3.05) is 6.61 Å².